The van der Waals surface area contributed by atoms with Crippen LogP contribution in [0.5, 0.6) is 5.75 Å². The lowest BCUT2D eigenvalue weighted by molar-refractivity contribution is 0.312. The Morgan fingerprint density at radius 2 is 2.19 bits per heavy atom. The van der Waals surface area contributed by atoms with Crippen LogP contribution in [-0.2, 0) is 0 Å². The lowest BCUT2D eigenvalue weighted by Crippen LogP contribution is -2.36. The predicted octanol–water partition coefficient (Wildman–Crippen LogP) is 3.04. The summed E-state index contributed by atoms with van der Waals surface area (Å²) >= 11 is 0. The number of hydrogen-bond donors (Lipinski definition) is 1. The zero-order valence-corrected chi connectivity index (χ0v) is 9.79. The third-order valence-corrected chi connectivity index (χ3v) is 3.27. The maximum Gasteiger partial charge on any atom is 0.165 e. The molecule has 0 bridgehead atoms. The Morgan fingerprint density at radius 3 is 2.75 bits per heavy atom. The molecule has 0 heterocycles. The summed E-state index contributed by atoms with van der Waals surface area (Å²) in [6.07, 6.45) is 3.82. The van der Waals surface area contributed by atoms with Crippen LogP contribution in [-0.4, -0.2) is 13.2 Å². The predicted molar refractivity (Wildman–Crippen MR) is 62.1 cm³/mol. The van der Waals surface area contributed by atoms with Crippen molar-refractivity contribution in [1.82, 2.24) is 5.32 Å². The minimum atomic E-state index is -0.304. The SMILES string of the molecule is COc1cc(C(C)NC2CCC2)ccc1F. The van der Waals surface area contributed by atoms with E-state index < -0.39 is 0 Å². The van der Waals surface area contributed by atoms with Gasteiger partial charge in [-0.3, -0.25) is 0 Å². The van der Waals surface area contributed by atoms with Gasteiger partial charge < -0.3 is 10.1 Å². The first-order valence-electron chi connectivity index (χ1n) is 5.80. The molecule has 0 aliphatic heterocycles. The van der Waals surface area contributed by atoms with E-state index in [2.05, 4.69) is 12.2 Å². The van der Waals surface area contributed by atoms with Gasteiger partial charge in [0, 0.05) is 12.1 Å². The lowest BCUT2D eigenvalue weighted by Gasteiger charge is -2.30. The largest absolute Gasteiger partial charge is 0.494 e. The van der Waals surface area contributed by atoms with Crippen LogP contribution < -0.4 is 10.1 Å². The van der Waals surface area contributed by atoms with Crippen LogP contribution in [0.4, 0.5) is 4.39 Å². The second kappa shape index (κ2) is 4.83. The Bertz CT molecular complexity index is 363. The molecule has 1 fully saturated rings. The fourth-order valence-corrected chi connectivity index (χ4v) is 1.97. The number of ether oxygens (including phenoxy) is 1. The van der Waals surface area contributed by atoms with Crippen molar-refractivity contribution >= 4 is 0 Å². The molecule has 1 N–H and O–H groups in total. The molecule has 1 atom stereocenters. The highest BCUT2D eigenvalue weighted by atomic mass is 19.1. The van der Waals surface area contributed by atoms with Crippen LogP contribution in [0.15, 0.2) is 18.2 Å². The molecule has 0 saturated heterocycles. The Labute approximate surface area is 95.8 Å². The van der Waals surface area contributed by atoms with Gasteiger partial charge in [0.05, 0.1) is 7.11 Å². The third kappa shape index (κ3) is 2.35. The molecular weight excluding hydrogens is 205 g/mol. The summed E-state index contributed by atoms with van der Waals surface area (Å²) < 4.78 is 18.2. The van der Waals surface area contributed by atoms with Crippen LogP contribution in [0.3, 0.4) is 0 Å². The van der Waals surface area contributed by atoms with E-state index in [1.807, 2.05) is 6.07 Å². The van der Waals surface area contributed by atoms with Gasteiger partial charge in [0.25, 0.3) is 0 Å². The molecule has 3 heteroatoms. The van der Waals surface area contributed by atoms with Crippen molar-refractivity contribution in [2.45, 2.75) is 38.3 Å². The van der Waals surface area contributed by atoms with E-state index in [-0.39, 0.29) is 11.9 Å². The lowest BCUT2D eigenvalue weighted by atomic mass is 9.92. The number of nitrogens with one attached hydrogen (secondary N) is 1. The van der Waals surface area contributed by atoms with E-state index >= 15 is 0 Å². The zero-order valence-electron chi connectivity index (χ0n) is 9.79. The Morgan fingerprint density at radius 1 is 1.44 bits per heavy atom. The first-order valence-corrected chi connectivity index (χ1v) is 5.80. The van der Waals surface area contributed by atoms with Gasteiger partial charge in [-0.15, -0.1) is 0 Å². The quantitative estimate of drug-likeness (QED) is 0.847. The number of halogens is 1. The van der Waals surface area contributed by atoms with Gasteiger partial charge in [-0.1, -0.05) is 12.5 Å². The van der Waals surface area contributed by atoms with E-state index in [1.54, 1.807) is 6.07 Å². The first kappa shape index (κ1) is 11.4. The maximum atomic E-state index is 13.2. The highest BCUT2D eigenvalue weighted by Gasteiger charge is 2.20. The third-order valence-electron chi connectivity index (χ3n) is 3.27. The molecule has 0 radical (unpaired) electrons. The van der Waals surface area contributed by atoms with E-state index in [0.29, 0.717) is 11.8 Å². The molecule has 0 amide bonds. The van der Waals surface area contributed by atoms with Gasteiger partial charge in [0.2, 0.25) is 0 Å². The number of rotatable bonds is 4. The van der Waals surface area contributed by atoms with Crippen molar-refractivity contribution in [3.8, 4) is 5.75 Å². The zero-order chi connectivity index (χ0) is 11.5. The number of methoxy groups -OCH3 is 1. The summed E-state index contributed by atoms with van der Waals surface area (Å²) in [5.74, 6) is 0.0156. The molecule has 16 heavy (non-hydrogen) atoms. The van der Waals surface area contributed by atoms with Crippen molar-refractivity contribution in [3.05, 3.63) is 29.6 Å². The van der Waals surface area contributed by atoms with Crippen molar-refractivity contribution in [2.75, 3.05) is 7.11 Å². The standard InChI is InChI=1S/C13H18FNO/c1-9(15-11-4-3-5-11)10-6-7-12(14)13(8-10)16-2/h6-9,11,15H,3-5H2,1-2H3. The van der Waals surface area contributed by atoms with Crippen LogP contribution in [0.1, 0.15) is 37.8 Å². The van der Waals surface area contributed by atoms with Gasteiger partial charge in [-0.05, 0) is 37.5 Å². The average Bonchev–Trinajstić information content (AvgIpc) is 2.24. The highest BCUT2D eigenvalue weighted by molar-refractivity contribution is 5.32. The maximum absolute atomic E-state index is 13.2. The smallest absolute Gasteiger partial charge is 0.165 e. The van der Waals surface area contributed by atoms with Crippen molar-refractivity contribution in [1.29, 1.82) is 0 Å². The van der Waals surface area contributed by atoms with Gasteiger partial charge >= 0.3 is 0 Å². The molecule has 0 spiro atoms. The van der Waals surface area contributed by atoms with Gasteiger partial charge in [0.15, 0.2) is 11.6 Å². The second-order valence-corrected chi connectivity index (χ2v) is 4.41. The van der Waals surface area contributed by atoms with Crippen molar-refractivity contribution in [3.63, 3.8) is 0 Å². The first-order chi connectivity index (χ1) is 7.70. The van der Waals surface area contributed by atoms with Crippen molar-refractivity contribution in [2.24, 2.45) is 0 Å². The molecule has 1 unspecified atom stereocenters. The molecule has 88 valence electrons. The fraction of sp³-hybridized carbons (Fsp3) is 0.538. The molecule has 1 saturated carbocycles. The number of hydrogen-bond acceptors (Lipinski definition) is 2. The van der Waals surface area contributed by atoms with E-state index in [0.717, 1.165) is 5.56 Å². The highest BCUT2D eigenvalue weighted by Crippen LogP contribution is 2.25. The normalized spacial score (nSPS) is 17.9. The van der Waals surface area contributed by atoms with Crippen molar-refractivity contribution < 1.29 is 9.13 Å². The topological polar surface area (TPSA) is 21.3 Å². The van der Waals surface area contributed by atoms with Crippen LogP contribution in [0, 0.1) is 5.82 Å². The molecule has 1 aromatic carbocycles. The molecule has 1 aromatic rings. The molecule has 2 rings (SSSR count). The summed E-state index contributed by atoms with van der Waals surface area (Å²) in [6, 6.07) is 5.93. The van der Waals surface area contributed by atoms with Gasteiger partial charge in [-0.2, -0.15) is 0 Å². The number of benzene rings is 1. The molecule has 1 aliphatic rings. The second-order valence-electron chi connectivity index (χ2n) is 4.41. The fourth-order valence-electron chi connectivity index (χ4n) is 1.97. The van der Waals surface area contributed by atoms with E-state index in [4.69, 9.17) is 4.74 Å². The summed E-state index contributed by atoms with van der Waals surface area (Å²) in [4.78, 5) is 0. The summed E-state index contributed by atoms with van der Waals surface area (Å²) in [7, 11) is 1.49. The average molecular weight is 223 g/mol. The van der Waals surface area contributed by atoms with Crippen LogP contribution in [0.25, 0.3) is 0 Å². The molecular formula is C13H18FNO. The van der Waals surface area contributed by atoms with E-state index in [9.17, 15) is 4.39 Å². The molecule has 1 aliphatic carbocycles. The van der Waals surface area contributed by atoms with Crippen LogP contribution in [0.2, 0.25) is 0 Å². The summed E-state index contributed by atoms with van der Waals surface area (Å²) in [6.45, 7) is 2.10. The minimum Gasteiger partial charge on any atom is -0.494 e. The van der Waals surface area contributed by atoms with Crippen LogP contribution >= 0.6 is 0 Å². The van der Waals surface area contributed by atoms with E-state index in [1.165, 1.54) is 32.4 Å². The molecule has 0 aromatic heterocycles. The minimum absolute atomic E-state index is 0.250. The summed E-state index contributed by atoms with van der Waals surface area (Å²) in [5, 5.41) is 3.53. The summed E-state index contributed by atoms with van der Waals surface area (Å²) in [5.41, 5.74) is 1.07. The Hall–Kier alpha value is -1.09. The Balaban J connectivity index is 2.06. The molecule has 2 nitrogen and oxygen atoms in total. The van der Waals surface area contributed by atoms with Gasteiger partial charge in [0.1, 0.15) is 0 Å². The monoisotopic (exact) mass is 223 g/mol. The Kier molecular flexibility index (Phi) is 3.44. The van der Waals surface area contributed by atoms with Gasteiger partial charge in [-0.25, -0.2) is 4.39 Å².